The third kappa shape index (κ3) is 4.30. The Bertz CT molecular complexity index is 985. The van der Waals surface area contributed by atoms with Gasteiger partial charge in [0.25, 0.3) is 5.91 Å². The number of benzene rings is 1. The van der Waals surface area contributed by atoms with E-state index in [1.165, 1.54) is 9.91 Å². The number of nitrogens with zero attached hydrogens (tertiary/aromatic N) is 3. The molecule has 0 unspecified atom stereocenters. The number of hydrazone groups is 1. The van der Waals surface area contributed by atoms with Crippen molar-refractivity contribution in [2.75, 3.05) is 27.8 Å². The van der Waals surface area contributed by atoms with Crippen LogP contribution in [0.25, 0.3) is 0 Å². The van der Waals surface area contributed by atoms with Crippen LogP contribution in [0.4, 0.5) is 0 Å². The summed E-state index contributed by atoms with van der Waals surface area (Å²) in [6.45, 7) is 0.0142. The lowest BCUT2D eigenvalue weighted by Crippen LogP contribution is -2.42. The average Bonchev–Trinajstić information content (AvgIpc) is 3.41. The first-order valence-electron chi connectivity index (χ1n) is 10.4. The van der Waals surface area contributed by atoms with E-state index in [1.54, 1.807) is 32.6 Å². The second kappa shape index (κ2) is 9.09. The Morgan fingerprint density at radius 2 is 1.97 bits per heavy atom. The number of carbonyl (C=O) groups excluding carboxylic acids is 2. The number of ether oxygens (including phenoxy) is 2. The van der Waals surface area contributed by atoms with Crippen molar-refractivity contribution < 1.29 is 19.1 Å². The van der Waals surface area contributed by atoms with Crippen molar-refractivity contribution in [1.29, 1.82) is 0 Å². The number of rotatable bonds is 7. The van der Waals surface area contributed by atoms with E-state index in [0.717, 1.165) is 35.4 Å². The first-order valence-corrected chi connectivity index (χ1v) is 11.3. The summed E-state index contributed by atoms with van der Waals surface area (Å²) in [5.41, 5.74) is 1.78. The molecular weight excluding hydrogens is 414 g/mol. The Hall–Kier alpha value is -2.87. The third-order valence-corrected chi connectivity index (χ3v) is 6.89. The summed E-state index contributed by atoms with van der Waals surface area (Å²) in [4.78, 5) is 28.3. The standard InChI is InChI=1S/C23H27N3O4S/c1-25(23(28)15-6-4-7-15)14-22(27)26-18(13-17(24-26)21-8-5-11-31-21)16-9-10-19(29-2)20(12-16)30-3/h5,8-12,15,18H,4,6-7,13-14H2,1-3H3/t18-/m1/s1. The van der Waals surface area contributed by atoms with Crippen LogP contribution in [0.1, 0.15) is 42.2 Å². The van der Waals surface area contributed by atoms with Crippen molar-refractivity contribution in [3.8, 4) is 11.5 Å². The topological polar surface area (TPSA) is 71.4 Å². The van der Waals surface area contributed by atoms with Crippen LogP contribution in [-0.2, 0) is 9.59 Å². The fraction of sp³-hybridized carbons (Fsp3) is 0.435. The van der Waals surface area contributed by atoms with E-state index in [0.29, 0.717) is 17.9 Å². The highest BCUT2D eigenvalue weighted by Gasteiger charge is 2.36. The predicted octanol–water partition coefficient (Wildman–Crippen LogP) is 3.70. The summed E-state index contributed by atoms with van der Waals surface area (Å²) in [6.07, 6.45) is 3.51. The van der Waals surface area contributed by atoms with Gasteiger partial charge in [-0.1, -0.05) is 18.6 Å². The molecule has 1 aliphatic heterocycles. The number of amides is 2. The van der Waals surface area contributed by atoms with Gasteiger partial charge in [-0.25, -0.2) is 5.01 Å². The minimum atomic E-state index is -0.267. The van der Waals surface area contributed by atoms with Gasteiger partial charge in [-0.3, -0.25) is 9.59 Å². The average molecular weight is 442 g/mol. The van der Waals surface area contributed by atoms with E-state index in [4.69, 9.17) is 9.47 Å². The van der Waals surface area contributed by atoms with Crippen molar-refractivity contribution in [3.05, 3.63) is 46.2 Å². The van der Waals surface area contributed by atoms with E-state index in [1.807, 2.05) is 35.7 Å². The SMILES string of the molecule is COc1ccc([C@H]2CC(c3cccs3)=NN2C(=O)CN(C)C(=O)C2CCC2)cc1OC. The number of thiophene rings is 1. The van der Waals surface area contributed by atoms with Crippen molar-refractivity contribution in [1.82, 2.24) is 9.91 Å². The Morgan fingerprint density at radius 3 is 2.58 bits per heavy atom. The monoisotopic (exact) mass is 441 g/mol. The Labute approximate surface area is 186 Å². The molecule has 4 rings (SSSR count). The van der Waals surface area contributed by atoms with Gasteiger partial charge in [0.1, 0.15) is 6.54 Å². The molecule has 1 aromatic heterocycles. The van der Waals surface area contributed by atoms with Gasteiger partial charge in [0, 0.05) is 19.4 Å². The van der Waals surface area contributed by atoms with Crippen LogP contribution >= 0.6 is 11.3 Å². The number of methoxy groups -OCH3 is 2. The predicted molar refractivity (Wildman–Crippen MR) is 120 cm³/mol. The zero-order valence-electron chi connectivity index (χ0n) is 18.0. The molecule has 0 bridgehead atoms. The molecule has 1 aromatic carbocycles. The molecule has 2 amide bonds. The fourth-order valence-electron chi connectivity index (χ4n) is 3.97. The van der Waals surface area contributed by atoms with Crippen molar-refractivity contribution in [3.63, 3.8) is 0 Å². The van der Waals surface area contributed by atoms with Crippen LogP contribution in [0.15, 0.2) is 40.8 Å². The molecule has 1 fully saturated rings. The molecule has 164 valence electrons. The van der Waals surface area contributed by atoms with Gasteiger partial charge in [0.05, 0.1) is 30.9 Å². The van der Waals surface area contributed by atoms with E-state index >= 15 is 0 Å². The molecule has 2 aliphatic rings. The summed E-state index contributed by atoms with van der Waals surface area (Å²) >= 11 is 1.60. The van der Waals surface area contributed by atoms with Gasteiger partial charge in [-0.05, 0) is 42.0 Å². The van der Waals surface area contributed by atoms with Gasteiger partial charge in [0.2, 0.25) is 5.91 Å². The maximum absolute atomic E-state index is 13.2. The van der Waals surface area contributed by atoms with Crippen molar-refractivity contribution in [2.24, 2.45) is 11.0 Å². The molecule has 2 heterocycles. The minimum Gasteiger partial charge on any atom is -0.493 e. The maximum atomic E-state index is 13.2. The van der Waals surface area contributed by atoms with Gasteiger partial charge >= 0.3 is 0 Å². The first-order chi connectivity index (χ1) is 15.0. The normalized spacial score (nSPS) is 18.4. The first kappa shape index (κ1) is 21.4. The summed E-state index contributed by atoms with van der Waals surface area (Å²) in [7, 11) is 4.88. The lowest BCUT2D eigenvalue weighted by Gasteiger charge is -2.30. The zero-order chi connectivity index (χ0) is 22.0. The van der Waals surface area contributed by atoms with Crippen LogP contribution in [-0.4, -0.2) is 55.2 Å². The Kier molecular flexibility index (Phi) is 6.27. The van der Waals surface area contributed by atoms with Crippen molar-refractivity contribution >= 4 is 28.9 Å². The van der Waals surface area contributed by atoms with Gasteiger partial charge in [0.15, 0.2) is 11.5 Å². The minimum absolute atomic E-state index is 0.0142. The number of carbonyl (C=O) groups is 2. The molecule has 1 saturated carbocycles. The van der Waals surface area contributed by atoms with Gasteiger partial charge in [-0.15, -0.1) is 11.3 Å². The van der Waals surface area contributed by atoms with Gasteiger partial charge < -0.3 is 14.4 Å². The quantitative estimate of drug-likeness (QED) is 0.657. The maximum Gasteiger partial charge on any atom is 0.262 e. The smallest absolute Gasteiger partial charge is 0.262 e. The highest BCUT2D eigenvalue weighted by molar-refractivity contribution is 7.12. The largest absolute Gasteiger partial charge is 0.493 e. The molecule has 0 radical (unpaired) electrons. The lowest BCUT2D eigenvalue weighted by atomic mass is 9.84. The second-order valence-electron chi connectivity index (χ2n) is 7.92. The number of hydrogen-bond donors (Lipinski definition) is 0. The summed E-state index contributed by atoms with van der Waals surface area (Å²) < 4.78 is 10.8. The van der Waals surface area contributed by atoms with Crippen LogP contribution < -0.4 is 9.47 Å². The van der Waals surface area contributed by atoms with Crippen molar-refractivity contribution in [2.45, 2.75) is 31.7 Å². The number of likely N-dealkylation sites (N-methyl/N-ethyl adjacent to an activating group) is 1. The molecule has 8 heteroatoms. The molecule has 31 heavy (non-hydrogen) atoms. The Morgan fingerprint density at radius 1 is 1.19 bits per heavy atom. The number of hydrogen-bond acceptors (Lipinski definition) is 6. The van der Waals surface area contributed by atoms with E-state index in [9.17, 15) is 9.59 Å². The molecular formula is C23H27N3O4S. The third-order valence-electron chi connectivity index (χ3n) is 5.97. The lowest BCUT2D eigenvalue weighted by molar-refractivity contribution is -0.144. The fourth-order valence-corrected chi connectivity index (χ4v) is 4.69. The molecule has 2 aromatic rings. The molecule has 0 saturated heterocycles. The van der Waals surface area contributed by atoms with E-state index < -0.39 is 0 Å². The molecule has 1 aliphatic carbocycles. The zero-order valence-corrected chi connectivity index (χ0v) is 18.9. The molecule has 1 atom stereocenters. The second-order valence-corrected chi connectivity index (χ2v) is 8.87. The van der Waals surface area contributed by atoms with Crippen LogP contribution in [0, 0.1) is 5.92 Å². The van der Waals surface area contributed by atoms with Crippen LogP contribution in [0.3, 0.4) is 0 Å². The highest BCUT2D eigenvalue weighted by atomic mass is 32.1. The molecule has 0 spiro atoms. The van der Waals surface area contributed by atoms with Crippen LogP contribution in [0.2, 0.25) is 0 Å². The van der Waals surface area contributed by atoms with Crippen LogP contribution in [0.5, 0.6) is 11.5 Å². The van der Waals surface area contributed by atoms with E-state index in [2.05, 4.69) is 5.10 Å². The van der Waals surface area contributed by atoms with Gasteiger partial charge in [-0.2, -0.15) is 5.10 Å². The summed E-state index contributed by atoms with van der Waals surface area (Å²) in [5, 5.41) is 8.21. The summed E-state index contributed by atoms with van der Waals surface area (Å²) in [6, 6.07) is 9.38. The summed E-state index contributed by atoms with van der Waals surface area (Å²) in [5.74, 6) is 1.15. The Balaban J connectivity index is 1.59. The highest BCUT2D eigenvalue weighted by Crippen LogP contribution is 2.38. The van der Waals surface area contributed by atoms with E-state index in [-0.39, 0.29) is 30.3 Å². The molecule has 7 nitrogen and oxygen atoms in total. The molecule has 0 N–H and O–H groups in total.